The van der Waals surface area contributed by atoms with Crippen molar-refractivity contribution in [2.24, 2.45) is 5.92 Å². The summed E-state index contributed by atoms with van der Waals surface area (Å²) >= 11 is 6.22. The average Bonchev–Trinajstić information content (AvgIpc) is 2.47. The lowest BCUT2D eigenvalue weighted by Gasteiger charge is -2.23. The summed E-state index contributed by atoms with van der Waals surface area (Å²) < 4.78 is 11.0. The molecule has 102 valence electrons. The number of hydrogen-bond donors (Lipinski definition) is 0. The Balaban J connectivity index is 1.89. The zero-order chi connectivity index (χ0) is 13.2. The SMILES string of the molecule is O=C(c1cc2c(cc1Cl)OCCO2)C1CCCCC1. The Bertz CT molecular complexity index is 492. The highest BCUT2D eigenvalue weighted by Crippen LogP contribution is 2.37. The van der Waals surface area contributed by atoms with Gasteiger partial charge >= 0.3 is 0 Å². The minimum absolute atomic E-state index is 0.119. The van der Waals surface area contributed by atoms with Crippen LogP contribution >= 0.6 is 11.6 Å². The smallest absolute Gasteiger partial charge is 0.167 e. The predicted octanol–water partition coefficient (Wildman–Crippen LogP) is 3.87. The van der Waals surface area contributed by atoms with Crippen molar-refractivity contribution in [1.29, 1.82) is 0 Å². The summed E-state index contributed by atoms with van der Waals surface area (Å²) in [5, 5.41) is 0.472. The second-order valence-corrected chi connectivity index (χ2v) is 5.58. The fourth-order valence-corrected chi connectivity index (χ4v) is 3.08. The van der Waals surface area contributed by atoms with Crippen LogP contribution in [0.15, 0.2) is 12.1 Å². The maximum absolute atomic E-state index is 12.5. The molecular weight excluding hydrogens is 264 g/mol. The molecule has 2 aliphatic rings. The van der Waals surface area contributed by atoms with Crippen LogP contribution in [-0.4, -0.2) is 19.0 Å². The normalized spacial score (nSPS) is 19.2. The van der Waals surface area contributed by atoms with Crippen LogP contribution in [0.4, 0.5) is 0 Å². The van der Waals surface area contributed by atoms with Crippen LogP contribution < -0.4 is 9.47 Å². The monoisotopic (exact) mass is 280 g/mol. The Morgan fingerprint density at radius 1 is 1.05 bits per heavy atom. The van der Waals surface area contributed by atoms with Crippen LogP contribution in [0.3, 0.4) is 0 Å². The van der Waals surface area contributed by atoms with Crippen LogP contribution in [0.25, 0.3) is 0 Å². The Morgan fingerprint density at radius 3 is 2.37 bits per heavy atom. The molecule has 1 aliphatic carbocycles. The van der Waals surface area contributed by atoms with E-state index in [4.69, 9.17) is 21.1 Å². The molecule has 0 N–H and O–H groups in total. The van der Waals surface area contributed by atoms with E-state index in [1.54, 1.807) is 12.1 Å². The standard InChI is InChI=1S/C15H17ClO3/c16-12-9-14-13(18-6-7-19-14)8-11(12)15(17)10-4-2-1-3-5-10/h8-10H,1-7H2. The largest absolute Gasteiger partial charge is 0.486 e. The van der Waals surface area contributed by atoms with Crippen LogP contribution in [0.5, 0.6) is 11.5 Å². The quantitative estimate of drug-likeness (QED) is 0.772. The van der Waals surface area contributed by atoms with E-state index >= 15 is 0 Å². The Morgan fingerprint density at radius 2 is 1.68 bits per heavy atom. The molecule has 0 radical (unpaired) electrons. The molecule has 1 aliphatic heterocycles. The van der Waals surface area contributed by atoms with Gasteiger partial charge in [0, 0.05) is 17.5 Å². The van der Waals surface area contributed by atoms with Crippen molar-refractivity contribution in [3.63, 3.8) is 0 Å². The topological polar surface area (TPSA) is 35.5 Å². The zero-order valence-corrected chi connectivity index (χ0v) is 11.5. The van der Waals surface area contributed by atoms with E-state index in [9.17, 15) is 4.79 Å². The minimum Gasteiger partial charge on any atom is -0.486 e. The van der Waals surface area contributed by atoms with Crippen molar-refractivity contribution in [2.75, 3.05) is 13.2 Å². The van der Waals surface area contributed by atoms with Crippen LogP contribution in [0, 0.1) is 5.92 Å². The van der Waals surface area contributed by atoms with E-state index in [0.717, 1.165) is 25.7 Å². The molecule has 0 bridgehead atoms. The number of carbonyl (C=O) groups excluding carboxylic acids is 1. The number of hydrogen-bond acceptors (Lipinski definition) is 3. The van der Waals surface area contributed by atoms with Gasteiger partial charge in [-0.3, -0.25) is 4.79 Å². The lowest BCUT2D eigenvalue weighted by molar-refractivity contribution is 0.0888. The number of benzene rings is 1. The summed E-state index contributed by atoms with van der Waals surface area (Å²) in [6.07, 6.45) is 5.46. The second-order valence-electron chi connectivity index (χ2n) is 5.17. The van der Waals surface area contributed by atoms with Crippen LogP contribution in [0.2, 0.25) is 5.02 Å². The van der Waals surface area contributed by atoms with Crippen molar-refractivity contribution in [3.05, 3.63) is 22.7 Å². The van der Waals surface area contributed by atoms with Crippen LogP contribution in [0.1, 0.15) is 42.5 Å². The Labute approximate surface area is 117 Å². The molecule has 0 aromatic heterocycles. The van der Waals surface area contributed by atoms with Crippen molar-refractivity contribution in [1.82, 2.24) is 0 Å². The fourth-order valence-electron chi connectivity index (χ4n) is 2.84. The van der Waals surface area contributed by atoms with Gasteiger partial charge in [-0.2, -0.15) is 0 Å². The van der Waals surface area contributed by atoms with Crippen molar-refractivity contribution < 1.29 is 14.3 Å². The molecular formula is C15H17ClO3. The molecule has 0 saturated heterocycles. The summed E-state index contributed by atoms with van der Waals surface area (Å²) in [4.78, 5) is 12.5. The van der Waals surface area contributed by atoms with Gasteiger partial charge in [0.05, 0.1) is 5.02 Å². The third-order valence-electron chi connectivity index (χ3n) is 3.87. The first-order chi connectivity index (χ1) is 9.25. The van der Waals surface area contributed by atoms with Crippen molar-refractivity contribution >= 4 is 17.4 Å². The van der Waals surface area contributed by atoms with E-state index in [2.05, 4.69) is 0 Å². The van der Waals surface area contributed by atoms with Gasteiger partial charge in [-0.15, -0.1) is 0 Å². The number of halogens is 1. The van der Waals surface area contributed by atoms with E-state index in [0.29, 0.717) is 35.3 Å². The first-order valence-corrected chi connectivity index (χ1v) is 7.27. The van der Waals surface area contributed by atoms with E-state index in [-0.39, 0.29) is 11.7 Å². The van der Waals surface area contributed by atoms with Crippen molar-refractivity contribution in [2.45, 2.75) is 32.1 Å². The number of Topliss-reactive ketones (excluding diaryl/α,β-unsaturated/α-hetero) is 1. The van der Waals surface area contributed by atoms with E-state index < -0.39 is 0 Å². The first-order valence-electron chi connectivity index (χ1n) is 6.89. The van der Waals surface area contributed by atoms with E-state index in [1.165, 1.54) is 6.42 Å². The summed E-state index contributed by atoms with van der Waals surface area (Å²) in [5.41, 5.74) is 0.581. The van der Waals surface area contributed by atoms with Gasteiger partial charge in [0.25, 0.3) is 0 Å². The maximum Gasteiger partial charge on any atom is 0.167 e. The molecule has 0 atom stereocenters. The number of carbonyl (C=O) groups is 1. The summed E-state index contributed by atoms with van der Waals surface area (Å²) in [7, 11) is 0. The maximum atomic E-state index is 12.5. The molecule has 19 heavy (non-hydrogen) atoms. The van der Waals surface area contributed by atoms with Gasteiger partial charge in [-0.05, 0) is 18.9 Å². The molecule has 1 aromatic carbocycles. The van der Waals surface area contributed by atoms with Gasteiger partial charge in [-0.1, -0.05) is 30.9 Å². The second kappa shape index (κ2) is 5.41. The Kier molecular flexibility index (Phi) is 3.65. The first kappa shape index (κ1) is 12.8. The minimum atomic E-state index is 0.119. The lowest BCUT2D eigenvalue weighted by Crippen LogP contribution is -2.20. The van der Waals surface area contributed by atoms with Crippen LogP contribution in [-0.2, 0) is 0 Å². The molecule has 3 nitrogen and oxygen atoms in total. The number of ether oxygens (including phenoxy) is 2. The highest BCUT2D eigenvalue weighted by Gasteiger charge is 2.26. The highest BCUT2D eigenvalue weighted by atomic mass is 35.5. The fraction of sp³-hybridized carbons (Fsp3) is 0.533. The molecule has 1 fully saturated rings. The molecule has 4 heteroatoms. The molecule has 3 rings (SSSR count). The molecule has 1 heterocycles. The molecule has 0 spiro atoms. The van der Waals surface area contributed by atoms with Gasteiger partial charge in [0.15, 0.2) is 17.3 Å². The third kappa shape index (κ3) is 2.57. The molecule has 0 amide bonds. The molecule has 1 aromatic rings. The third-order valence-corrected chi connectivity index (χ3v) is 4.19. The lowest BCUT2D eigenvalue weighted by atomic mass is 9.84. The Hall–Kier alpha value is -1.22. The highest BCUT2D eigenvalue weighted by molar-refractivity contribution is 6.34. The van der Waals surface area contributed by atoms with Gasteiger partial charge in [0.1, 0.15) is 13.2 Å². The molecule has 1 saturated carbocycles. The summed E-state index contributed by atoms with van der Waals surface area (Å²) in [5.74, 6) is 1.54. The summed E-state index contributed by atoms with van der Waals surface area (Å²) in [6.45, 7) is 1.05. The van der Waals surface area contributed by atoms with Gasteiger partial charge < -0.3 is 9.47 Å². The van der Waals surface area contributed by atoms with Crippen molar-refractivity contribution in [3.8, 4) is 11.5 Å². The predicted molar refractivity (Wildman–Crippen MR) is 73.3 cm³/mol. The number of rotatable bonds is 2. The van der Waals surface area contributed by atoms with Gasteiger partial charge in [0.2, 0.25) is 0 Å². The summed E-state index contributed by atoms with van der Waals surface area (Å²) in [6, 6.07) is 3.44. The van der Waals surface area contributed by atoms with Gasteiger partial charge in [-0.25, -0.2) is 0 Å². The zero-order valence-electron chi connectivity index (χ0n) is 10.8. The molecule has 0 unspecified atom stereocenters. The number of fused-ring (bicyclic) bond motifs is 1. The average molecular weight is 281 g/mol. The van der Waals surface area contributed by atoms with E-state index in [1.807, 2.05) is 0 Å². The number of ketones is 1.